The van der Waals surface area contributed by atoms with Crippen LogP contribution in [0.2, 0.25) is 0 Å². The van der Waals surface area contributed by atoms with Gasteiger partial charge in [-0.1, -0.05) is 30.3 Å². The summed E-state index contributed by atoms with van der Waals surface area (Å²) in [6.45, 7) is 0. The fourth-order valence-corrected chi connectivity index (χ4v) is 2.78. The number of aromatic nitrogens is 2. The largest absolute Gasteiger partial charge is 0.316 e. The summed E-state index contributed by atoms with van der Waals surface area (Å²) < 4.78 is 2.02. The van der Waals surface area contributed by atoms with Crippen LogP contribution in [0.25, 0.3) is 16.5 Å². The molecule has 0 fully saturated rings. The number of fused-ring (bicyclic) bond motifs is 1. The molecule has 2 aromatic heterocycles. The van der Waals surface area contributed by atoms with Crippen LogP contribution in [-0.4, -0.2) is 21.7 Å². The number of hydrogen-bond acceptors (Lipinski definition) is 3. The zero-order chi connectivity index (χ0) is 17.8. The molecule has 0 aliphatic carbocycles. The van der Waals surface area contributed by atoms with E-state index in [1.807, 2.05) is 35.0 Å². The van der Waals surface area contributed by atoms with Gasteiger partial charge >= 0.3 is 0 Å². The first-order valence-corrected chi connectivity index (χ1v) is 8.21. The maximum Gasteiger partial charge on any atom is 0.272 e. The van der Waals surface area contributed by atoms with Crippen LogP contribution < -0.4 is 5.43 Å². The lowest BCUT2D eigenvalue weighted by atomic mass is 10.1. The molecule has 4 rings (SSSR count). The summed E-state index contributed by atoms with van der Waals surface area (Å²) in [4.78, 5) is 15.9. The van der Waals surface area contributed by atoms with Gasteiger partial charge in [0.1, 0.15) is 0 Å². The summed E-state index contributed by atoms with van der Waals surface area (Å²) in [5.74, 6) is -0.293. The second-order valence-electron chi connectivity index (χ2n) is 5.78. The Morgan fingerprint density at radius 2 is 1.88 bits per heavy atom. The van der Waals surface area contributed by atoms with E-state index in [2.05, 4.69) is 45.8 Å². The van der Waals surface area contributed by atoms with E-state index in [-0.39, 0.29) is 5.91 Å². The number of pyridine rings is 1. The summed E-state index contributed by atoms with van der Waals surface area (Å²) in [5.41, 5.74) is 4.89. The van der Waals surface area contributed by atoms with Gasteiger partial charge in [-0.2, -0.15) is 5.10 Å². The molecular formula is C21H16N4O. The van der Waals surface area contributed by atoms with Gasteiger partial charge < -0.3 is 4.57 Å². The van der Waals surface area contributed by atoms with Gasteiger partial charge in [0.15, 0.2) is 0 Å². The van der Waals surface area contributed by atoms with Gasteiger partial charge in [-0.3, -0.25) is 9.78 Å². The molecule has 0 atom stereocenters. The van der Waals surface area contributed by atoms with E-state index in [9.17, 15) is 4.79 Å². The lowest BCUT2D eigenvalue weighted by Gasteiger charge is -2.08. The maximum absolute atomic E-state index is 12.0. The number of carbonyl (C=O) groups is 1. The standard InChI is InChI=1S/C21H16N4O/c26-21(18-7-3-11-22-14-18)24-23-15-20-8-4-12-25(20)19-10-9-16-5-1-2-6-17(16)13-19/h1-15H,(H,24,26)/b23-15-. The van der Waals surface area contributed by atoms with Crippen molar-refractivity contribution in [1.82, 2.24) is 15.0 Å². The van der Waals surface area contributed by atoms with Crippen LogP contribution in [0, 0.1) is 0 Å². The van der Waals surface area contributed by atoms with Crippen molar-refractivity contribution >= 4 is 22.9 Å². The zero-order valence-corrected chi connectivity index (χ0v) is 13.9. The molecule has 1 amide bonds. The Morgan fingerprint density at radius 1 is 1.00 bits per heavy atom. The Bertz CT molecular complexity index is 1080. The Balaban J connectivity index is 1.55. The molecule has 0 saturated carbocycles. The normalized spacial score (nSPS) is 11.1. The summed E-state index contributed by atoms with van der Waals surface area (Å²) in [5, 5.41) is 6.43. The first-order chi connectivity index (χ1) is 12.8. The lowest BCUT2D eigenvalue weighted by molar-refractivity contribution is 0.0955. The van der Waals surface area contributed by atoms with Crippen molar-refractivity contribution in [2.45, 2.75) is 0 Å². The average Bonchev–Trinajstić information content (AvgIpc) is 3.17. The minimum absolute atomic E-state index is 0.293. The van der Waals surface area contributed by atoms with Crippen molar-refractivity contribution < 1.29 is 4.79 Å². The molecular weight excluding hydrogens is 324 g/mol. The molecule has 126 valence electrons. The molecule has 2 heterocycles. The minimum Gasteiger partial charge on any atom is -0.316 e. The van der Waals surface area contributed by atoms with Gasteiger partial charge in [0.05, 0.1) is 17.5 Å². The number of nitrogens with one attached hydrogen (secondary N) is 1. The van der Waals surface area contributed by atoms with Gasteiger partial charge in [0, 0.05) is 24.3 Å². The van der Waals surface area contributed by atoms with Crippen LogP contribution in [0.1, 0.15) is 16.1 Å². The fourth-order valence-electron chi connectivity index (χ4n) is 2.78. The molecule has 4 aromatic rings. The Hall–Kier alpha value is -3.73. The summed E-state index contributed by atoms with van der Waals surface area (Å²) >= 11 is 0. The van der Waals surface area contributed by atoms with Crippen molar-refractivity contribution in [2.24, 2.45) is 5.10 Å². The van der Waals surface area contributed by atoms with E-state index in [0.717, 1.165) is 11.4 Å². The molecule has 0 spiro atoms. The molecule has 1 N–H and O–H groups in total. The first-order valence-electron chi connectivity index (χ1n) is 8.21. The summed E-state index contributed by atoms with van der Waals surface area (Å²) in [6, 6.07) is 21.8. The van der Waals surface area contributed by atoms with Crippen LogP contribution in [-0.2, 0) is 0 Å². The molecule has 0 radical (unpaired) electrons. The molecule has 5 nitrogen and oxygen atoms in total. The molecule has 5 heteroatoms. The number of amides is 1. The highest BCUT2D eigenvalue weighted by Crippen LogP contribution is 2.19. The number of rotatable bonds is 4. The predicted molar refractivity (Wildman–Crippen MR) is 103 cm³/mol. The van der Waals surface area contributed by atoms with E-state index >= 15 is 0 Å². The topological polar surface area (TPSA) is 59.3 Å². The van der Waals surface area contributed by atoms with Crippen molar-refractivity contribution in [3.05, 3.63) is 96.6 Å². The van der Waals surface area contributed by atoms with Crippen LogP contribution in [0.5, 0.6) is 0 Å². The third-order valence-electron chi connectivity index (χ3n) is 4.08. The van der Waals surface area contributed by atoms with E-state index in [4.69, 9.17) is 0 Å². The van der Waals surface area contributed by atoms with E-state index in [1.165, 1.54) is 17.0 Å². The van der Waals surface area contributed by atoms with Crippen LogP contribution in [0.15, 0.2) is 90.4 Å². The van der Waals surface area contributed by atoms with Crippen molar-refractivity contribution in [3.8, 4) is 5.69 Å². The first kappa shape index (κ1) is 15.8. The predicted octanol–water partition coefficient (Wildman–Crippen LogP) is 3.79. The van der Waals surface area contributed by atoms with Gasteiger partial charge in [0.25, 0.3) is 5.91 Å². The molecule has 26 heavy (non-hydrogen) atoms. The van der Waals surface area contributed by atoms with Gasteiger partial charge in [-0.15, -0.1) is 0 Å². The summed E-state index contributed by atoms with van der Waals surface area (Å²) in [7, 11) is 0. The van der Waals surface area contributed by atoms with Crippen LogP contribution >= 0.6 is 0 Å². The highest BCUT2D eigenvalue weighted by atomic mass is 16.2. The van der Waals surface area contributed by atoms with E-state index in [0.29, 0.717) is 5.56 Å². The van der Waals surface area contributed by atoms with Crippen molar-refractivity contribution in [2.75, 3.05) is 0 Å². The highest BCUT2D eigenvalue weighted by Gasteiger charge is 2.05. The maximum atomic E-state index is 12.0. The fraction of sp³-hybridized carbons (Fsp3) is 0. The Labute approximate surface area is 150 Å². The van der Waals surface area contributed by atoms with E-state index < -0.39 is 0 Å². The quantitative estimate of drug-likeness (QED) is 0.454. The van der Waals surface area contributed by atoms with Gasteiger partial charge in [0.2, 0.25) is 0 Å². The minimum atomic E-state index is -0.293. The smallest absolute Gasteiger partial charge is 0.272 e. The molecule has 0 bridgehead atoms. The van der Waals surface area contributed by atoms with E-state index in [1.54, 1.807) is 24.5 Å². The van der Waals surface area contributed by atoms with Gasteiger partial charge in [-0.25, -0.2) is 5.43 Å². The monoisotopic (exact) mass is 340 g/mol. The molecule has 0 saturated heterocycles. The number of hydrazone groups is 1. The number of nitrogens with zero attached hydrogens (tertiary/aromatic N) is 3. The van der Waals surface area contributed by atoms with Gasteiger partial charge in [-0.05, 0) is 47.2 Å². The van der Waals surface area contributed by atoms with Crippen molar-refractivity contribution in [1.29, 1.82) is 0 Å². The number of carbonyl (C=O) groups excluding carboxylic acids is 1. The third kappa shape index (κ3) is 3.23. The van der Waals surface area contributed by atoms with Crippen LogP contribution in [0.4, 0.5) is 0 Å². The molecule has 0 aliphatic heterocycles. The molecule has 0 unspecified atom stereocenters. The third-order valence-corrected chi connectivity index (χ3v) is 4.08. The summed E-state index contributed by atoms with van der Waals surface area (Å²) in [6.07, 6.45) is 6.72. The zero-order valence-electron chi connectivity index (χ0n) is 13.9. The second-order valence-corrected chi connectivity index (χ2v) is 5.78. The van der Waals surface area contributed by atoms with Crippen molar-refractivity contribution in [3.63, 3.8) is 0 Å². The Kier molecular flexibility index (Phi) is 4.26. The van der Waals surface area contributed by atoms with Crippen LogP contribution in [0.3, 0.4) is 0 Å². The molecule has 2 aromatic carbocycles. The number of hydrogen-bond donors (Lipinski definition) is 1. The Morgan fingerprint density at radius 3 is 2.73 bits per heavy atom. The second kappa shape index (κ2) is 7.03. The SMILES string of the molecule is O=C(N/N=C\c1cccn1-c1ccc2ccccc2c1)c1cccnc1. The number of benzene rings is 2. The lowest BCUT2D eigenvalue weighted by Crippen LogP contribution is -2.17. The highest BCUT2D eigenvalue weighted by molar-refractivity contribution is 5.94. The average molecular weight is 340 g/mol. The molecule has 0 aliphatic rings.